The Bertz CT molecular complexity index is 1370. The van der Waals surface area contributed by atoms with Crippen LogP contribution in [0, 0.1) is 48.3 Å². The van der Waals surface area contributed by atoms with Crippen molar-refractivity contribution in [2.75, 3.05) is 16.3 Å². The minimum Gasteiger partial charge on any atom is -0.426 e. The van der Waals surface area contributed by atoms with Gasteiger partial charge in [-0.25, -0.2) is 0 Å². The van der Waals surface area contributed by atoms with Gasteiger partial charge in [0.2, 0.25) is 17.7 Å². The SMILES string of the molecule is Cc1c(Cl)cccc1N1C[C@H](C(=O)Oc2ccc(N3C(=O)[C@@H]4[C@H]5C=C[C@@H]([C@@H]6C[C@H]56)[C@@H]4C3=O)cc2)CC1=O. The van der Waals surface area contributed by atoms with Crippen molar-refractivity contribution in [3.05, 3.63) is 65.2 Å². The third kappa shape index (κ3) is 3.33. The summed E-state index contributed by atoms with van der Waals surface area (Å²) in [5, 5.41) is 0.561. The van der Waals surface area contributed by atoms with Crippen molar-refractivity contribution in [2.45, 2.75) is 19.8 Å². The maximum absolute atomic E-state index is 13.3. The summed E-state index contributed by atoms with van der Waals surface area (Å²) in [6.45, 7) is 2.06. The van der Waals surface area contributed by atoms with Crippen LogP contribution in [-0.4, -0.2) is 30.2 Å². The molecular weight excluding hydrogens is 492 g/mol. The fourth-order valence-corrected chi connectivity index (χ4v) is 7.23. The highest BCUT2D eigenvalue weighted by molar-refractivity contribution is 6.31. The number of rotatable bonds is 4. The fraction of sp³-hybridized carbons (Fsp3) is 0.379. The number of amides is 3. The van der Waals surface area contributed by atoms with Gasteiger partial charge >= 0.3 is 5.97 Å². The molecule has 8 rings (SSSR count). The minimum absolute atomic E-state index is 0.0563. The number of esters is 1. The zero-order chi connectivity index (χ0) is 25.6. The van der Waals surface area contributed by atoms with Crippen LogP contribution in [0.2, 0.25) is 5.02 Å². The van der Waals surface area contributed by atoms with Crippen LogP contribution in [0.25, 0.3) is 0 Å². The highest BCUT2D eigenvalue weighted by atomic mass is 35.5. The van der Waals surface area contributed by atoms with E-state index in [1.54, 1.807) is 41.3 Å². The monoisotopic (exact) mass is 516 g/mol. The van der Waals surface area contributed by atoms with Gasteiger partial charge in [-0.3, -0.25) is 24.1 Å². The predicted molar refractivity (Wildman–Crippen MR) is 136 cm³/mol. The molecule has 0 radical (unpaired) electrons. The average molecular weight is 517 g/mol. The van der Waals surface area contributed by atoms with Crippen molar-refractivity contribution in [3.8, 4) is 5.75 Å². The van der Waals surface area contributed by atoms with Gasteiger partial charge in [0.15, 0.2) is 0 Å². The van der Waals surface area contributed by atoms with Gasteiger partial charge in [-0.2, -0.15) is 0 Å². The summed E-state index contributed by atoms with van der Waals surface area (Å²) in [7, 11) is 0. The van der Waals surface area contributed by atoms with Crippen LogP contribution in [0.3, 0.4) is 0 Å². The highest BCUT2D eigenvalue weighted by Crippen LogP contribution is 2.65. The first-order chi connectivity index (χ1) is 17.8. The summed E-state index contributed by atoms with van der Waals surface area (Å²) in [4.78, 5) is 55.0. The molecule has 2 saturated heterocycles. The maximum atomic E-state index is 13.3. The number of imide groups is 1. The van der Waals surface area contributed by atoms with E-state index in [1.165, 1.54) is 4.90 Å². The van der Waals surface area contributed by atoms with E-state index in [-0.39, 0.29) is 54.4 Å². The molecule has 4 aliphatic carbocycles. The van der Waals surface area contributed by atoms with E-state index in [9.17, 15) is 19.2 Å². The lowest BCUT2D eigenvalue weighted by Gasteiger charge is -2.37. The Labute approximate surface area is 219 Å². The second-order valence-corrected chi connectivity index (χ2v) is 11.3. The number of hydrogen-bond donors (Lipinski definition) is 0. The summed E-state index contributed by atoms with van der Waals surface area (Å²) in [5.74, 6) is -0.257. The molecular formula is C29H25ClN2O5. The topological polar surface area (TPSA) is 84.0 Å². The van der Waals surface area contributed by atoms with Gasteiger partial charge in [0.05, 0.1) is 23.4 Å². The van der Waals surface area contributed by atoms with Crippen molar-refractivity contribution in [1.82, 2.24) is 0 Å². The Kier molecular flexibility index (Phi) is 4.93. The lowest BCUT2D eigenvalue weighted by Crippen LogP contribution is -2.40. The number of carbonyl (C=O) groups excluding carboxylic acids is 4. The van der Waals surface area contributed by atoms with Gasteiger partial charge in [-0.15, -0.1) is 0 Å². The lowest BCUT2D eigenvalue weighted by molar-refractivity contribution is -0.139. The number of halogens is 1. The first-order valence-electron chi connectivity index (χ1n) is 12.8. The number of allylic oxidation sites excluding steroid dienone is 2. The van der Waals surface area contributed by atoms with Crippen molar-refractivity contribution >= 4 is 46.7 Å². The van der Waals surface area contributed by atoms with Gasteiger partial charge < -0.3 is 9.64 Å². The third-order valence-electron chi connectivity index (χ3n) is 8.96. The quantitative estimate of drug-likeness (QED) is 0.264. The van der Waals surface area contributed by atoms with Crippen molar-refractivity contribution in [2.24, 2.45) is 41.4 Å². The standard InChI is InChI=1S/C29H25ClN2O5/c1-14-22(30)3-2-4-23(14)31-13-15(11-24(31)33)29(36)37-17-7-5-16(6-8-17)32-27(34)25-18-9-10-19(21-12-20(18)21)26(25)28(32)35/h2-10,15,18-21,25-26H,11-13H2,1H3/t15-,18+,19+,20-,21+,25-,26+/m1/s1. The molecule has 2 aliphatic heterocycles. The zero-order valence-electron chi connectivity index (χ0n) is 20.2. The van der Waals surface area contributed by atoms with E-state index in [0.29, 0.717) is 34.0 Å². The number of hydrogen-bond acceptors (Lipinski definition) is 5. The summed E-state index contributed by atoms with van der Waals surface area (Å²) in [6.07, 6.45) is 5.49. The van der Waals surface area contributed by atoms with Gasteiger partial charge in [0, 0.05) is 23.7 Å². The first-order valence-corrected chi connectivity index (χ1v) is 13.1. The molecule has 2 aromatic carbocycles. The van der Waals surface area contributed by atoms with Crippen molar-refractivity contribution < 1.29 is 23.9 Å². The lowest BCUT2D eigenvalue weighted by atomic mass is 9.63. The first kappa shape index (κ1) is 22.7. The zero-order valence-corrected chi connectivity index (χ0v) is 20.9. The Hall–Kier alpha value is -3.45. The Balaban J connectivity index is 1.04. The Morgan fingerprint density at radius 2 is 1.59 bits per heavy atom. The summed E-state index contributed by atoms with van der Waals surface area (Å²) >= 11 is 6.21. The van der Waals surface area contributed by atoms with Gasteiger partial charge in [-0.1, -0.05) is 29.8 Å². The molecule has 7 nitrogen and oxygen atoms in total. The van der Waals surface area contributed by atoms with E-state index in [4.69, 9.17) is 16.3 Å². The van der Waals surface area contributed by atoms with Crippen LogP contribution in [0.1, 0.15) is 18.4 Å². The maximum Gasteiger partial charge on any atom is 0.316 e. The number of anilines is 2. The molecule has 2 heterocycles. The van der Waals surface area contributed by atoms with Crippen LogP contribution in [0.15, 0.2) is 54.6 Å². The molecule has 8 heteroatoms. The molecule has 4 fully saturated rings. The molecule has 2 saturated carbocycles. The highest BCUT2D eigenvalue weighted by Gasteiger charge is 2.67. The molecule has 0 unspecified atom stereocenters. The van der Waals surface area contributed by atoms with Crippen LogP contribution in [0.4, 0.5) is 11.4 Å². The van der Waals surface area contributed by atoms with Crippen molar-refractivity contribution in [3.63, 3.8) is 0 Å². The van der Waals surface area contributed by atoms with Crippen LogP contribution >= 0.6 is 11.6 Å². The second-order valence-electron chi connectivity index (χ2n) is 10.9. The summed E-state index contributed by atoms with van der Waals surface area (Å²) < 4.78 is 5.57. The molecule has 6 aliphatic rings. The van der Waals surface area contributed by atoms with E-state index in [1.807, 2.05) is 13.0 Å². The molecule has 0 spiro atoms. The van der Waals surface area contributed by atoms with E-state index in [0.717, 1.165) is 12.0 Å². The van der Waals surface area contributed by atoms with Crippen molar-refractivity contribution in [1.29, 1.82) is 0 Å². The molecule has 3 amide bonds. The van der Waals surface area contributed by atoms with E-state index < -0.39 is 11.9 Å². The van der Waals surface area contributed by atoms with Gasteiger partial charge in [0.1, 0.15) is 5.75 Å². The average Bonchev–Trinajstić information content (AvgIpc) is 3.57. The predicted octanol–water partition coefficient (Wildman–Crippen LogP) is 4.16. The number of nitrogens with zero attached hydrogens (tertiary/aromatic N) is 2. The molecule has 0 aromatic heterocycles. The normalized spacial score (nSPS) is 33.1. The van der Waals surface area contributed by atoms with E-state index in [2.05, 4.69) is 12.2 Å². The molecule has 0 N–H and O–H groups in total. The summed E-state index contributed by atoms with van der Waals surface area (Å²) in [5.41, 5.74) is 1.98. The largest absolute Gasteiger partial charge is 0.426 e. The molecule has 7 atom stereocenters. The second kappa shape index (κ2) is 8.02. The molecule has 188 valence electrons. The molecule has 2 bridgehead atoms. The number of ether oxygens (including phenoxy) is 1. The fourth-order valence-electron chi connectivity index (χ4n) is 7.06. The smallest absolute Gasteiger partial charge is 0.316 e. The van der Waals surface area contributed by atoms with Gasteiger partial charge in [-0.05, 0) is 79.0 Å². The Morgan fingerprint density at radius 3 is 2.24 bits per heavy atom. The molecule has 37 heavy (non-hydrogen) atoms. The van der Waals surface area contributed by atoms with E-state index >= 15 is 0 Å². The molecule has 2 aromatic rings. The van der Waals surface area contributed by atoms with Crippen LogP contribution in [0.5, 0.6) is 5.75 Å². The minimum atomic E-state index is -0.607. The van der Waals surface area contributed by atoms with Gasteiger partial charge in [0.25, 0.3) is 0 Å². The Morgan fingerprint density at radius 1 is 0.946 bits per heavy atom. The number of carbonyl (C=O) groups is 4. The number of benzene rings is 2. The third-order valence-corrected chi connectivity index (χ3v) is 9.37. The van der Waals surface area contributed by atoms with Crippen LogP contribution in [-0.2, 0) is 19.2 Å². The summed E-state index contributed by atoms with van der Waals surface area (Å²) in [6, 6.07) is 11.8. The van der Waals surface area contributed by atoms with Crippen LogP contribution < -0.4 is 14.5 Å².